The molecular weight excluding hydrogens is 236 g/mol. The van der Waals surface area contributed by atoms with Crippen LogP contribution in [0.5, 0.6) is 0 Å². The lowest BCUT2D eigenvalue weighted by molar-refractivity contribution is 0.619. The molecule has 0 spiro atoms. The molecule has 3 rings (SSSR count). The zero-order chi connectivity index (χ0) is 12.7. The van der Waals surface area contributed by atoms with Gasteiger partial charge >= 0.3 is 0 Å². The molecule has 3 aromatic rings. The number of hydrogen-bond donors (Lipinski definition) is 1. The summed E-state index contributed by atoms with van der Waals surface area (Å²) in [6, 6.07) is 8.70. The van der Waals surface area contributed by atoms with Crippen LogP contribution in [0.25, 0.3) is 16.9 Å². The van der Waals surface area contributed by atoms with Crippen molar-refractivity contribution in [1.29, 1.82) is 0 Å². The Balaban J connectivity index is 2.23. The van der Waals surface area contributed by atoms with E-state index < -0.39 is 5.82 Å². The van der Waals surface area contributed by atoms with Crippen molar-refractivity contribution in [3.63, 3.8) is 0 Å². The minimum atomic E-state index is -0.391. The zero-order valence-electron chi connectivity index (χ0n) is 9.27. The molecule has 0 unspecified atom stereocenters. The van der Waals surface area contributed by atoms with Gasteiger partial charge in [-0.2, -0.15) is 0 Å². The number of nitrogen functional groups attached to an aromatic ring is 1. The maximum absolute atomic E-state index is 13.1. The Morgan fingerprint density at radius 2 is 1.61 bits per heavy atom. The summed E-state index contributed by atoms with van der Waals surface area (Å²) in [5.74, 6) is -0.388. The Bertz CT molecular complexity index is 717. The van der Waals surface area contributed by atoms with Crippen molar-refractivity contribution in [3.05, 3.63) is 54.2 Å². The third-order valence-corrected chi connectivity index (χ3v) is 2.74. The maximum Gasteiger partial charge on any atom is 0.140 e. The SMILES string of the molecule is Nc1c(-c2ccc(F)cc2)nc2ccc(F)cn12. The van der Waals surface area contributed by atoms with Gasteiger partial charge in [0.05, 0.1) is 0 Å². The standard InChI is InChI=1S/C13H9F2N3/c14-9-3-1-8(2-4-9)12-13(16)18-7-10(15)5-6-11(18)17-12/h1-7H,16H2. The highest BCUT2D eigenvalue weighted by Crippen LogP contribution is 2.26. The molecule has 5 heteroatoms. The third-order valence-electron chi connectivity index (χ3n) is 2.74. The first-order chi connectivity index (χ1) is 8.65. The molecule has 0 aliphatic rings. The first-order valence-corrected chi connectivity index (χ1v) is 5.34. The average Bonchev–Trinajstić information content (AvgIpc) is 2.68. The molecule has 0 atom stereocenters. The summed E-state index contributed by atoms with van der Waals surface area (Å²) in [5.41, 5.74) is 7.67. The predicted molar refractivity (Wildman–Crippen MR) is 65.0 cm³/mol. The average molecular weight is 245 g/mol. The highest BCUT2D eigenvalue weighted by Gasteiger charge is 2.11. The van der Waals surface area contributed by atoms with Crippen LogP contribution in [0.4, 0.5) is 14.6 Å². The fourth-order valence-corrected chi connectivity index (χ4v) is 1.86. The van der Waals surface area contributed by atoms with Crippen LogP contribution in [0.15, 0.2) is 42.6 Å². The van der Waals surface area contributed by atoms with Crippen molar-refractivity contribution in [2.75, 3.05) is 5.73 Å². The number of nitrogens with two attached hydrogens (primary N) is 1. The largest absolute Gasteiger partial charge is 0.383 e. The van der Waals surface area contributed by atoms with E-state index >= 15 is 0 Å². The van der Waals surface area contributed by atoms with Gasteiger partial charge in [0.25, 0.3) is 0 Å². The van der Waals surface area contributed by atoms with Gasteiger partial charge in [-0.05, 0) is 36.4 Å². The van der Waals surface area contributed by atoms with Crippen molar-refractivity contribution < 1.29 is 8.78 Å². The lowest BCUT2D eigenvalue weighted by atomic mass is 10.1. The zero-order valence-corrected chi connectivity index (χ0v) is 9.27. The van der Waals surface area contributed by atoms with Crippen LogP contribution in [-0.4, -0.2) is 9.38 Å². The number of pyridine rings is 1. The number of aromatic nitrogens is 2. The quantitative estimate of drug-likeness (QED) is 0.716. The molecule has 0 fully saturated rings. The summed E-state index contributed by atoms with van der Waals surface area (Å²) in [4.78, 5) is 4.30. The number of fused-ring (bicyclic) bond motifs is 1. The van der Waals surface area contributed by atoms with Crippen molar-refractivity contribution in [3.8, 4) is 11.3 Å². The van der Waals surface area contributed by atoms with Gasteiger partial charge < -0.3 is 5.73 Å². The third kappa shape index (κ3) is 1.60. The predicted octanol–water partition coefficient (Wildman–Crippen LogP) is 2.86. The number of nitrogens with zero attached hydrogens (tertiary/aromatic N) is 2. The number of imidazole rings is 1. The van der Waals surface area contributed by atoms with Crippen LogP contribution in [0.1, 0.15) is 0 Å². The first kappa shape index (κ1) is 10.7. The summed E-state index contributed by atoms with van der Waals surface area (Å²) in [7, 11) is 0. The van der Waals surface area contributed by atoms with Crippen LogP contribution in [-0.2, 0) is 0 Å². The Morgan fingerprint density at radius 1 is 0.944 bits per heavy atom. The minimum absolute atomic E-state index is 0.327. The van der Waals surface area contributed by atoms with Crippen LogP contribution in [0, 0.1) is 11.6 Å². The Kier molecular flexibility index (Phi) is 2.26. The molecule has 0 radical (unpaired) electrons. The molecule has 1 aromatic carbocycles. The fraction of sp³-hybridized carbons (Fsp3) is 0. The van der Waals surface area contributed by atoms with Crippen LogP contribution in [0.3, 0.4) is 0 Å². The highest BCUT2D eigenvalue weighted by atomic mass is 19.1. The van der Waals surface area contributed by atoms with E-state index in [4.69, 9.17) is 5.73 Å². The Labute approximate surface area is 101 Å². The van der Waals surface area contributed by atoms with Gasteiger partial charge in [-0.3, -0.25) is 4.40 Å². The molecular formula is C13H9F2N3. The lowest BCUT2D eigenvalue weighted by Gasteiger charge is -1.99. The van der Waals surface area contributed by atoms with E-state index in [0.717, 1.165) is 0 Å². The Morgan fingerprint density at radius 3 is 2.33 bits per heavy atom. The van der Waals surface area contributed by atoms with E-state index in [1.165, 1.54) is 28.8 Å². The van der Waals surface area contributed by atoms with Crippen LogP contribution < -0.4 is 5.73 Å². The summed E-state index contributed by atoms with van der Waals surface area (Å²) in [6.07, 6.45) is 1.27. The molecule has 0 saturated heterocycles. The summed E-state index contributed by atoms with van der Waals surface area (Å²) < 4.78 is 27.4. The van der Waals surface area contributed by atoms with Crippen molar-refractivity contribution in [1.82, 2.24) is 9.38 Å². The summed E-state index contributed by atoms with van der Waals surface area (Å²) in [5, 5.41) is 0. The van der Waals surface area contributed by atoms with E-state index in [2.05, 4.69) is 4.98 Å². The number of anilines is 1. The fourth-order valence-electron chi connectivity index (χ4n) is 1.86. The first-order valence-electron chi connectivity index (χ1n) is 5.34. The van der Waals surface area contributed by atoms with Gasteiger partial charge in [-0.25, -0.2) is 13.8 Å². The van der Waals surface area contributed by atoms with Gasteiger partial charge in [0, 0.05) is 11.8 Å². The minimum Gasteiger partial charge on any atom is -0.383 e. The van der Waals surface area contributed by atoms with Gasteiger partial charge in [0.15, 0.2) is 0 Å². The van der Waals surface area contributed by atoms with Gasteiger partial charge in [0.2, 0.25) is 0 Å². The van der Waals surface area contributed by atoms with E-state index in [1.807, 2.05) is 0 Å². The topological polar surface area (TPSA) is 43.3 Å². The van der Waals surface area contributed by atoms with Crippen LogP contribution >= 0.6 is 0 Å². The van der Waals surface area contributed by atoms with Crippen molar-refractivity contribution >= 4 is 11.5 Å². The Hall–Kier alpha value is -2.43. The monoisotopic (exact) mass is 245 g/mol. The molecule has 2 N–H and O–H groups in total. The molecule has 0 amide bonds. The summed E-state index contributed by atoms with van der Waals surface area (Å²) in [6.45, 7) is 0. The highest BCUT2D eigenvalue weighted by molar-refractivity contribution is 5.74. The number of hydrogen-bond acceptors (Lipinski definition) is 2. The van der Waals surface area contributed by atoms with E-state index in [9.17, 15) is 8.78 Å². The smallest absolute Gasteiger partial charge is 0.140 e. The number of benzene rings is 1. The van der Waals surface area contributed by atoms with E-state index in [0.29, 0.717) is 22.7 Å². The van der Waals surface area contributed by atoms with Gasteiger partial charge in [-0.15, -0.1) is 0 Å². The molecule has 18 heavy (non-hydrogen) atoms. The number of rotatable bonds is 1. The van der Waals surface area contributed by atoms with Crippen molar-refractivity contribution in [2.24, 2.45) is 0 Å². The molecule has 0 aliphatic carbocycles. The van der Waals surface area contributed by atoms with Crippen molar-refractivity contribution in [2.45, 2.75) is 0 Å². The normalized spacial score (nSPS) is 11.0. The van der Waals surface area contributed by atoms with E-state index in [-0.39, 0.29) is 5.82 Å². The second-order valence-electron chi connectivity index (χ2n) is 3.93. The summed E-state index contributed by atoms with van der Waals surface area (Å²) >= 11 is 0. The second-order valence-corrected chi connectivity index (χ2v) is 3.93. The second kappa shape index (κ2) is 3.80. The molecule has 0 bridgehead atoms. The molecule has 3 nitrogen and oxygen atoms in total. The molecule has 2 aromatic heterocycles. The van der Waals surface area contributed by atoms with Gasteiger partial charge in [0.1, 0.15) is 28.8 Å². The van der Waals surface area contributed by atoms with Gasteiger partial charge in [-0.1, -0.05) is 0 Å². The van der Waals surface area contributed by atoms with Crippen LogP contribution in [0.2, 0.25) is 0 Å². The molecule has 0 aliphatic heterocycles. The molecule has 0 saturated carbocycles. The number of halogens is 2. The van der Waals surface area contributed by atoms with E-state index in [1.54, 1.807) is 18.2 Å². The maximum atomic E-state index is 13.1. The molecule has 90 valence electrons. The lowest BCUT2D eigenvalue weighted by Crippen LogP contribution is -1.94. The molecule has 2 heterocycles.